The van der Waals surface area contributed by atoms with Gasteiger partial charge in [0.05, 0.1) is 11.9 Å². The van der Waals surface area contributed by atoms with Crippen LogP contribution < -0.4 is 10.0 Å². The molecule has 0 saturated carbocycles. The van der Waals surface area contributed by atoms with Crippen LogP contribution in [-0.4, -0.2) is 25.2 Å². The molecular weight excluding hydrogens is 356 g/mol. The summed E-state index contributed by atoms with van der Waals surface area (Å²) in [5.74, 6) is 0. The number of sulfonamides is 1. The van der Waals surface area contributed by atoms with Gasteiger partial charge in [-0.1, -0.05) is 19.1 Å². The van der Waals surface area contributed by atoms with E-state index in [4.69, 9.17) is 0 Å². The van der Waals surface area contributed by atoms with E-state index in [-0.39, 0.29) is 5.03 Å². The zero-order valence-electron chi connectivity index (χ0n) is 11.6. The monoisotopic (exact) mass is 372 g/mol. The zero-order valence-corrected chi connectivity index (χ0v) is 14.0. The van der Waals surface area contributed by atoms with Gasteiger partial charge in [0, 0.05) is 16.6 Å². The van der Waals surface area contributed by atoms with Crippen molar-refractivity contribution >= 4 is 31.6 Å². The third kappa shape index (κ3) is 4.05. The van der Waals surface area contributed by atoms with Gasteiger partial charge in [-0.25, -0.2) is 0 Å². The Morgan fingerprint density at radius 2 is 2.10 bits per heavy atom. The van der Waals surface area contributed by atoms with Gasteiger partial charge in [0.2, 0.25) is 0 Å². The Hall–Kier alpha value is -1.38. The molecule has 3 N–H and O–H groups in total. The molecule has 0 bridgehead atoms. The van der Waals surface area contributed by atoms with Crippen molar-refractivity contribution in [2.24, 2.45) is 0 Å². The van der Waals surface area contributed by atoms with Gasteiger partial charge in [0.1, 0.15) is 0 Å². The highest BCUT2D eigenvalue weighted by Gasteiger charge is 2.21. The van der Waals surface area contributed by atoms with Gasteiger partial charge in [-0.15, -0.1) is 0 Å². The summed E-state index contributed by atoms with van der Waals surface area (Å²) >= 11 is 3.32. The summed E-state index contributed by atoms with van der Waals surface area (Å²) in [5, 5.41) is 9.64. The second kappa shape index (κ2) is 7.06. The van der Waals surface area contributed by atoms with E-state index < -0.39 is 10.0 Å². The highest BCUT2D eigenvalue weighted by Crippen LogP contribution is 2.24. The second-order valence-electron chi connectivity index (χ2n) is 4.49. The molecule has 0 saturated heterocycles. The highest BCUT2D eigenvalue weighted by atomic mass is 79.9. The second-order valence-corrected chi connectivity index (χ2v) is 6.96. The van der Waals surface area contributed by atoms with Crippen molar-refractivity contribution in [1.82, 2.24) is 15.5 Å². The Morgan fingerprint density at radius 3 is 2.81 bits per heavy atom. The van der Waals surface area contributed by atoms with E-state index in [0.29, 0.717) is 22.3 Å². The van der Waals surface area contributed by atoms with Crippen molar-refractivity contribution < 1.29 is 8.42 Å². The molecule has 1 aromatic carbocycles. The molecular formula is C13H17BrN4O2S. The fraction of sp³-hybridized carbons (Fsp3) is 0.308. The number of rotatable bonds is 7. The molecule has 8 heteroatoms. The number of aromatic nitrogens is 2. The quantitative estimate of drug-likeness (QED) is 0.651. The van der Waals surface area contributed by atoms with E-state index >= 15 is 0 Å². The molecule has 0 spiro atoms. The number of hydrogen-bond donors (Lipinski definition) is 3. The van der Waals surface area contributed by atoms with Crippen molar-refractivity contribution in [1.29, 1.82) is 0 Å². The maximum absolute atomic E-state index is 12.4. The number of H-pyrrole nitrogens is 1. The predicted molar refractivity (Wildman–Crippen MR) is 85.5 cm³/mol. The minimum absolute atomic E-state index is 0.0851. The summed E-state index contributed by atoms with van der Waals surface area (Å²) in [7, 11) is -3.70. The zero-order chi connectivity index (χ0) is 15.3. The largest absolute Gasteiger partial charge is 0.313 e. The molecule has 114 valence electrons. The fourth-order valence-electron chi connectivity index (χ4n) is 1.80. The Bertz CT molecular complexity index is 700. The number of nitrogens with one attached hydrogen (secondary N) is 3. The third-order valence-corrected chi connectivity index (χ3v) is 4.88. The minimum Gasteiger partial charge on any atom is -0.313 e. The lowest BCUT2D eigenvalue weighted by Crippen LogP contribution is -2.19. The summed E-state index contributed by atoms with van der Waals surface area (Å²) in [6.07, 6.45) is 2.51. The van der Waals surface area contributed by atoms with Gasteiger partial charge in [0.15, 0.2) is 5.03 Å². The van der Waals surface area contributed by atoms with Crippen molar-refractivity contribution in [2.75, 3.05) is 11.3 Å². The molecule has 2 aromatic rings. The number of benzene rings is 1. The Balaban J connectivity index is 2.20. The van der Waals surface area contributed by atoms with Gasteiger partial charge in [-0.05, 0) is 41.0 Å². The first-order chi connectivity index (χ1) is 10.0. The van der Waals surface area contributed by atoms with Gasteiger partial charge in [0.25, 0.3) is 10.0 Å². The Kier molecular flexibility index (Phi) is 5.38. The van der Waals surface area contributed by atoms with E-state index in [1.165, 1.54) is 6.20 Å². The minimum atomic E-state index is -3.70. The number of halogens is 1. The highest BCUT2D eigenvalue weighted by molar-refractivity contribution is 9.10. The number of nitrogens with zero attached hydrogens (tertiary/aromatic N) is 1. The topological polar surface area (TPSA) is 86.9 Å². The van der Waals surface area contributed by atoms with Crippen LogP contribution in [0.2, 0.25) is 0 Å². The van der Waals surface area contributed by atoms with Crippen molar-refractivity contribution in [3.8, 4) is 0 Å². The van der Waals surface area contributed by atoms with Crippen LogP contribution >= 0.6 is 15.9 Å². The third-order valence-electron chi connectivity index (χ3n) is 2.81. The number of aromatic amines is 1. The van der Waals surface area contributed by atoms with E-state index in [0.717, 1.165) is 13.0 Å². The lowest BCUT2D eigenvalue weighted by Gasteiger charge is -2.10. The van der Waals surface area contributed by atoms with Crippen LogP contribution in [0.4, 0.5) is 5.69 Å². The lowest BCUT2D eigenvalue weighted by molar-refractivity contribution is 0.593. The molecule has 0 amide bonds. The average Bonchev–Trinajstić information content (AvgIpc) is 2.91. The van der Waals surface area contributed by atoms with Gasteiger partial charge < -0.3 is 5.32 Å². The maximum atomic E-state index is 12.4. The molecule has 2 rings (SSSR count). The maximum Gasteiger partial charge on any atom is 0.279 e. The van der Waals surface area contributed by atoms with Crippen LogP contribution in [0.25, 0.3) is 0 Å². The smallest absolute Gasteiger partial charge is 0.279 e. The van der Waals surface area contributed by atoms with Gasteiger partial charge in [-0.3, -0.25) is 9.82 Å². The van der Waals surface area contributed by atoms with E-state index in [9.17, 15) is 8.42 Å². The van der Waals surface area contributed by atoms with Crippen LogP contribution in [0.1, 0.15) is 18.9 Å². The standard InChI is InChI=1S/C13H17BrN4O2S/c1-2-7-15-8-10-9-16-17-13(10)21(19,20)18-12-6-4-3-5-11(12)14/h3-6,9,15,18H,2,7-8H2,1H3,(H,16,17). The number of anilines is 1. The summed E-state index contributed by atoms with van der Waals surface area (Å²) < 4.78 is 28.1. The predicted octanol–water partition coefficient (Wildman–Crippen LogP) is 2.47. The van der Waals surface area contributed by atoms with Crippen LogP contribution in [0.15, 0.2) is 40.0 Å². The normalized spacial score (nSPS) is 11.5. The number of para-hydroxylation sites is 1. The summed E-state index contributed by atoms with van der Waals surface area (Å²) in [4.78, 5) is 0. The Morgan fingerprint density at radius 1 is 1.33 bits per heavy atom. The summed E-state index contributed by atoms with van der Waals surface area (Å²) in [6.45, 7) is 3.33. The average molecular weight is 373 g/mol. The summed E-state index contributed by atoms with van der Waals surface area (Å²) in [6, 6.07) is 7.04. The van der Waals surface area contributed by atoms with E-state index in [2.05, 4.69) is 43.1 Å². The van der Waals surface area contributed by atoms with Crippen LogP contribution in [0, 0.1) is 0 Å². The fourth-order valence-corrected chi connectivity index (χ4v) is 3.53. The van der Waals surface area contributed by atoms with Gasteiger partial charge >= 0.3 is 0 Å². The van der Waals surface area contributed by atoms with Crippen LogP contribution in [-0.2, 0) is 16.6 Å². The molecule has 0 unspecified atom stereocenters. The molecule has 1 heterocycles. The molecule has 0 aliphatic heterocycles. The summed E-state index contributed by atoms with van der Waals surface area (Å²) in [5.41, 5.74) is 1.10. The molecule has 0 aliphatic carbocycles. The van der Waals surface area contributed by atoms with Gasteiger partial charge in [-0.2, -0.15) is 13.5 Å². The number of hydrogen-bond acceptors (Lipinski definition) is 4. The molecule has 0 atom stereocenters. The van der Waals surface area contributed by atoms with E-state index in [1.807, 2.05) is 6.07 Å². The van der Waals surface area contributed by atoms with Crippen LogP contribution in [0.3, 0.4) is 0 Å². The molecule has 0 fully saturated rings. The lowest BCUT2D eigenvalue weighted by atomic mass is 10.3. The van der Waals surface area contributed by atoms with Crippen LogP contribution in [0.5, 0.6) is 0 Å². The van der Waals surface area contributed by atoms with Crippen molar-refractivity contribution in [3.05, 3.63) is 40.5 Å². The SMILES string of the molecule is CCCNCc1cn[nH]c1S(=O)(=O)Nc1ccccc1Br. The van der Waals surface area contributed by atoms with Crippen molar-refractivity contribution in [2.45, 2.75) is 24.9 Å². The molecule has 0 radical (unpaired) electrons. The van der Waals surface area contributed by atoms with Crippen molar-refractivity contribution in [3.63, 3.8) is 0 Å². The first-order valence-electron chi connectivity index (χ1n) is 6.55. The van der Waals surface area contributed by atoms with E-state index in [1.54, 1.807) is 18.2 Å². The molecule has 6 nitrogen and oxygen atoms in total. The Labute approximate surface area is 132 Å². The first-order valence-corrected chi connectivity index (χ1v) is 8.82. The molecule has 21 heavy (non-hydrogen) atoms. The first kappa shape index (κ1) is 16.0. The molecule has 1 aromatic heterocycles. The molecule has 0 aliphatic rings.